The van der Waals surface area contributed by atoms with Gasteiger partial charge in [-0.3, -0.25) is 9.79 Å². The zero-order valence-corrected chi connectivity index (χ0v) is 11.1. The molecule has 0 aliphatic carbocycles. The van der Waals surface area contributed by atoms with Gasteiger partial charge >= 0.3 is 0 Å². The second-order valence-electron chi connectivity index (χ2n) is 3.75. The van der Waals surface area contributed by atoms with Crippen molar-refractivity contribution in [3.05, 3.63) is 66.4 Å². The standard InChI is InChI=1S/C16H17NO2/c1-14(18)7-5-3-4-6-12-17-13-15-8-10-16(19-2)11-9-15/h3-13H,1-2H3/b4-3-,7-5+,12-6-,17-13?. The van der Waals surface area contributed by atoms with Crippen LogP contribution in [0.2, 0.25) is 0 Å². The smallest absolute Gasteiger partial charge is 0.152 e. The molecule has 0 unspecified atom stereocenters. The number of methoxy groups -OCH3 is 1. The van der Waals surface area contributed by atoms with Crippen LogP contribution in [0.3, 0.4) is 0 Å². The summed E-state index contributed by atoms with van der Waals surface area (Å²) in [7, 11) is 1.64. The lowest BCUT2D eigenvalue weighted by Crippen LogP contribution is -1.83. The minimum atomic E-state index is 0.0335. The van der Waals surface area contributed by atoms with E-state index in [4.69, 9.17) is 4.74 Å². The van der Waals surface area contributed by atoms with E-state index in [1.54, 1.807) is 37.8 Å². The summed E-state index contributed by atoms with van der Waals surface area (Å²) >= 11 is 0. The van der Waals surface area contributed by atoms with Crippen LogP contribution in [0, 0.1) is 0 Å². The van der Waals surface area contributed by atoms with Crippen LogP contribution in [0.4, 0.5) is 0 Å². The van der Waals surface area contributed by atoms with Crippen molar-refractivity contribution in [2.75, 3.05) is 7.11 Å². The predicted molar refractivity (Wildman–Crippen MR) is 78.7 cm³/mol. The highest BCUT2D eigenvalue weighted by Gasteiger charge is 1.89. The fourth-order valence-corrected chi connectivity index (χ4v) is 1.24. The molecule has 0 heterocycles. The molecule has 1 aromatic rings. The number of hydrogen-bond donors (Lipinski definition) is 0. The monoisotopic (exact) mass is 255 g/mol. The van der Waals surface area contributed by atoms with E-state index in [9.17, 15) is 4.79 Å². The van der Waals surface area contributed by atoms with Crippen LogP contribution in [0.25, 0.3) is 0 Å². The van der Waals surface area contributed by atoms with Crippen LogP contribution in [-0.2, 0) is 4.79 Å². The van der Waals surface area contributed by atoms with E-state index in [0.717, 1.165) is 11.3 Å². The van der Waals surface area contributed by atoms with Gasteiger partial charge in [0.25, 0.3) is 0 Å². The summed E-state index contributed by atoms with van der Waals surface area (Å²) in [5, 5.41) is 0. The third kappa shape index (κ3) is 6.78. The van der Waals surface area contributed by atoms with Crippen LogP contribution >= 0.6 is 0 Å². The maximum absolute atomic E-state index is 10.6. The largest absolute Gasteiger partial charge is 0.497 e. The molecule has 3 nitrogen and oxygen atoms in total. The van der Waals surface area contributed by atoms with Gasteiger partial charge in [-0.25, -0.2) is 0 Å². The second kappa shape index (κ2) is 8.64. The van der Waals surface area contributed by atoms with Gasteiger partial charge < -0.3 is 4.74 Å². The van der Waals surface area contributed by atoms with Crippen molar-refractivity contribution in [2.24, 2.45) is 4.99 Å². The molecule has 0 N–H and O–H groups in total. The van der Waals surface area contributed by atoms with Gasteiger partial charge in [-0.2, -0.15) is 0 Å². The molecule has 0 atom stereocenters. The van der Waals surface area contributed by atoms with Crippen molar-refractivity contribution >= 4 is 12.0 Å². The number of carbonyl (C=O) groups is 1. The number of nitrogens with zero attached hydrogens (tertiary/aromatic N) is 1. The first-order chi connectivity index (χ1) is 9.22. The first kappa shape index (κ1) is 14.6. The summed E-state index contributed by atoms with van der Waals surface area (Å²) in [6, 6.07) is 7.64. The van der Waals surface area contributed by atoms with E-state index >= 15 is 0 Å². The first-order valence-corrected chi connectivity index (χ1v) is 5.90. The summed E-state index contributed by atoms with van der Waals surface area (Å²) < 4.78 is 5.07. The van der Waals surface area contributed by atoms with Gasteiger partial charge in [-0.15, -0.1) is 0 Å². The topological polar surface area (TPSA) is 38.7 Å². The van der Waals surface area contributed by atoms with Crippen molar-refractivity contribution < 1.29 is 9.53 Å². The lowest BCUT2D eigenvalue weighted by molar-refractivity contribution is -0.112. The fourth-order valence-electron chi connectivity index (χ4n) is 1.24. The quantitative estimate of drug-likeness (QED) is 0.444. The Kier molecular flexibility index (Phi) is 6.66. The molecule has 19 heavy (non-hydrogen) atoms. The third-order valence-electron chi connectivity index (χ3n) is 2.18. The summed E-state index contributed by atoms with van der Waals surface area (Å²) in [6.07, 6.45) is 12.0. The molecule has 1 rings (SSSR count). The molecule has 0 spiro atoms. The Morgan fingerprint density at radius 3 is 2.42 bits per heavy atom. The van der Waals surface area contributed by atoms with E-state index in [1.165, 1.54) is 13.0 Å². The van der Waals surface area contributed by atoms with Gasteiger partial charge in [0.15, 0.2) is 5.78 Å². The number of benzene rings is 1. The molecule has 3 heteroatoms. The Balaban J connectivity index is 2.42. The molecule has 0 saturated heterocycles. The maximum atomic E-state index is 10.6. The molecule has 0 aliphatic heterocycles. The molecule has 0 saturated carbocycles. The second-order valence-corrected chi connectivity index (χ2v) is 3.75. The van der Waals surface area contributed by atoms with Crippen molar-refractivity contribution in [1.29, 1.82) is 0 Å². The van der Waals surface area contributed by atoms with E-state index in [-0.39, 0.29) is 5.78 Å². The average Bonchev–Trinajstić information content (AvgIpc) is 2.42. The lowest BCUT2D eigenvalue weighted by Gasteiger charge is -1.97. The molecule has 0 fully saturated rings. The number of ketones is 1. The number of aliphatic imine (C=N–C) groups is 1. The Morgan fingerprint density at radius 2 is 1.79 bits per heavy atom. The molecule has 0 amide bonds. The van der Waals surface area contributed by atoms with Gasteiger partial charge in [-0.1, -0.05) is 18.2 Å². The molecular formula is C16H17NO2. The predicted octanol–water partition coefficient (Wildman–Crippen LogP) is 3.33. The summed E-state index contributed by atoms with van der Waals surface area (Å²) in [5.41, 5.74) is 1.01. The SMILES string of the molecule is COc1ccc(C=N\C=C/C=C\C=C\C(C)=O)cc1. The zero-order valence-electron chi connectivity index (χ0n) is 11.1. The van der Waals surface area contributed by atoms with E-state index < -0.39 is 0 Å². The summed E-state index contributed by atoms with van der Waals surface area (Å²) in [5.74, 6) is 0.860. The van der Waals surface area contributed by atoms with Gasteiger partial charge in [0.1, 0.15) is 5.75 Å². The van der Waals surface area contributed by atoms with Gasteiger partial charge in [-0.05, 0) is 48.9 Å². The van der Waals surface area contributed by atoms with Crippen LogP contribution < -0.4 is 4.74 Å². The van der Waals surface area contributed by atoms with Gasteiger partial charge in [0, 0.05) is 12.4 Å². The molecule has 1 aromatic carbocycles. The van der Waals surface area contributed by atoms with Crippen LogP contribution in [0.15, 0.2) is 65.8 Å². The molecule has 0 radical (unpaired) electrons. The first-order valence-electron chi connectivity index (χ1n) is 5.90. The number of carbonyl (C=O) groups excluding carboxylic acids is 1. The van der Waals surface area contributed by atoms with E-state index in [0.29, 0.717) is 0 Å². The number of hydrogen-bond acceptors (Lipinski definition) is 3. The highest BCUT2D eigenvalue weighted by atomic mass is 16.5. The molecule has 0 bridgehead atoms. The fraction of sp³-hybridized carbons (Fsp3) is 0.125. The average molecular weight is 255 g/mol. The minimum Gasteiger partial charge on any atom is -0.497 e. The molecule has 0 aliphatic rings. The summed E-state index contributed by atoms with van der Waals surface area (Å²) in [4.78, 5) is 14.8. The Bertz CT molecular complexity index is 508. The van der Waals surface area contributed by atoms with Crippen molar-refractivity contribution in [2.45, 2.75) is 6.92 Å². The zero-order chi connectivity index (χ0) is 13.9. The summed E-state index contributed by atoms with van der Waals surface area (Å²) in [6.45, 7) is 1.51. The number of allylic oxidation sites excluding steroid dienone is 5. The Hall–Kier alpha value is -2.42. The number of ether oxygens (including phenoxy) is 1. The van der Waals surface area contributed by atoms with Gasteiger partial charge in [0.2, 0.25) is 0 Å². The minimum absolute atomic E-state index is 0.0335. The normalized spacial score (nSPS) is 12.1. The molecular weight excluding hydrogens is 238 g/mol. The van der Waals surface area contributed by atoms with Crippen LogP contribution in [0.1, 0.15) is 12.5 Å². The third-order valence-corrected chi connectivity index (χ3v) is 2.18. The van der Waals surface area contributed by atoms with Crippen LogP contribution in [-0.4, -0.2) is 19.1 Å². The van der Waals surface area contributed by atoms with E-state index in [1.807, 2.05) is 30.3 Å². The highest BCUT2D eigenvalue weighted by Crippen LogP contribution is 2.09. The van der Waals surface area contributed by atoms with Crippen molar-refractivity contribution in [3.8, 4) is 5.75 Å². The Labute approximate surface area is 113 Å². The number of rotatable bonds is 6. The highest BCUT2D eigenvalue weighted by molar-refractivity contribution is 5.87. The van der Waals surface area contributed by atoms with E-state index in [2.05, 4.69) is 4.99 Å². The van der Waals surface area contributed by atoms with Crippen molar-refractivity contribution in [3.63, 3.8) is 0 Å². The van der Waals surface area contributed by atoms with Crippen LogP contribution in [0.5, 0.6) is 5.75 Å². The molecule has 0 aromatic heterocycles. The van der Waals surface area contributed by atoms with Crippen molar-refractivity contribution in [1.82, 2.24) is 0 Å². The maximum Gasteiger partial charge on any atom is 0.152 e. The molecule has 98 valence electrons. The Morgan fingerprint density at radius 1 is 1.11 bits per heavy atom. The lowest BCUT2D eigenvalue weighted by atomic mass is 10.2. The van der Waals surface area contributed by atoms with Gasteiger partial charge in [0.05, 0.1) is 7.11 Å².